The first kappa shape index (κ1) is 57.5. The standard InChI is InChI=1S/C36H27N3O6S3.C19H19F3N3S.CN.Ru/c1-3-12-43-33-24-9-13-46-35(24)34(42-4-2)25-18-32(48-36(25)33)31-6-5-30(47-31)21-7-10-37-26(14-21)28-16-23(45-20-41)17-29(39-28)27-15-22(44-19-40)8-11-38-27;1-2-3-4-5-6-13-8-10-26-18(13)14-7-9-23-15(11-14)16-12-17(25-24-16)19(20,21)22;1-2;/h5-11,13-20H,3-4,12H2,1-2H3;7-12H,2-6H2,1H3;;/q;2*-1;+2. The Kier molecular flexibility index (Phi) is 20.3. The third kappa shape index (κ3) is 13.7. The smallest absolute Gasteiger partial charge is 0.573 e. The van der Waals surface area contributed by atoms with E-state index in [0.717, 1.165) is 87.6 Å². The number of rotatable bonds is 20. The molecule has 0 aliphatic rings. The quantitative estimate of drug-likeness (QED) is 0.0305. The third-order valence-corrected chi connectivity index (χ3v) is 15.9. The van der Waals surface area contributed by atoms with Crippen LogP contribution in [0.3, 0.4) is 0 Å². The van der Waals surface area contributed by atoms with Crippen LogP contribution in [0.5, 0.6) is 23.0 Å². The number of aryl methyl sites for hydroxylation is 1. The van der Waals surface area contributed by atoms with Crippen LogP contribution in [0, 0.1) is 11.8 Å². The van der Waals surface area contributed by atoms with E-state index in [1.807, 2.05) is 25.1 Å². The van der Waals surface area contributed by atoms with Gasteiger partial charge in [-0.2, -0.15) is 13.2 Å². The average molecular weight is 1200 g/mol. The molecule has 0 saturated heterocycles. The molecule has 0 atom stereocenters. The first-order valence-electron chi connectivity index (χ1n) is 23.9. The Hall–Kier alpha value is -7.21. The molecule has 77 heavy (non-hydrogen) atoms. The van der Waals surface area contributed by atoms with Crippen molar-refractivity contribution in [2.45, 2.75) is 65.5 Å². The molecular formula is C56H46F3N7O6RuS4. The van der Waals surface area contributed by atoms with Crippen LogP contribution in [0.1, 0.15) is 64.1 Å². The summed E-state index contributed by atoms with van der Waals surface area (Å²) in [6.07, 6.45) is 7.04. The number of alkyl halides is 3. The molecular weight excluding hydrogens is 1150 g/mol. The molecule has 0 bridgehead atoms. The van der Waals surface area contributed by atoms with Crippen molar-refractivity contribution in [3.63, 3.8) is 0 Å². The maximum absolute atomic E-state index is 12.7. The molecule has 21 heteroatoms. The van der Waals surface area contributed by atoms with E-state index >= 15 is 0 Å². The van der Waals surface area contributed by atoms with E-state index in [9.17, 15) is 22.8 Å². The molecule has 0 fully saturated rings. The fraction of sp³-hybridized carbons (Fsp3) is 0.214. The molecule has 0 saturated carbocycles. The van der Waals surface area contributed by atoms with Gasteiger partial charge in [0, 0.05) is 67.1 Å². The van der Waals surface area contributed by atoms with E-state index in [4.69, 9.17) is 35.8 Å². The topological polar surface area (TPSA) is 173 Å². The van der Waals surface area contributed by atoms with Crippen molar-refractivity contribution in [2.75, 3.05) is 13.2 Å². The van der Waals surface area contributed by atoms with Gasteiger partial charge in [0.2, 0.25) is 0 Å². The van der Waals surface area contributed by atoms with Crippen LogP contribution in [-0.4, -0.2) is 51.2 Å². The van der Waals surface area contributed by atoms with Crippen molar-refractivity contribution in [3.8, 4) is 87.8 Å². The van der Waals surface area contributed by atoms with Gasteiger partial charge >= 0.3 is 25.7 Å². The first-order chi connectivity index (χ1) is 37.1. The van der Waals surface area contributed by atoms with Gasteiger partial charge in [-0.3, -0.25) is 24.5 Å². The molecule has 0 N–H and O–H groups in total. The van der Waals surface area contributed by atoms with E-state index in [1.54, 1.807) is 88.1 Å². The van der Waals surface area contributed by atoms with Gasteiger partial charge in [-0.05, 0) is 120 Å². The van der Waals surface area contributed by atoms with Crippen molar-refractivity contribution in [3.05, 3.63) is 132 Å². The summed E-state index contributed by atoms with van der Waals surface area (Å²) in [5, 5.41) is 19.4. The predicted octanol–water partition coefficient (Wildman–Crippen LogP) is 15.4. The van der Waals surface area contributed by atoms with Crippen molar-refractivity contribution < 1.29 is 61.2 Å². The van der Waals surface area contributed by atoms with Gasteiger partial charge in [-0.15, -0.1) is 45.3 Å². The fourth-order valence-corrected chi connectivity index (χ4v) is 12.2. The van der Waals surface area contributed by atoms with E-state index < -0.39 is 11.9 Å². The number of pyridine rings is 4. The second kappa shape index (κ2) is 27.2. The summed E-state index contributed by atoms with van der Waals surface area (Å²) in [5.41, 5.74) is 4.66. The van der Waals surface area contributed by atoms with Crippen LogP contribution in [0.15, 0.2) is 114 Å². The summed E-state index contributed by atoms with van der Waals surface area (Å²) in [6, 6.07) is 25.6. The number of carbonyl (C=O) groups excluding carboxylic acids is 2. The number of aromatic nitrogens is 6. The number of carbonyl (C=O) groups is 2. The molecule has 0 unspecified atom stereocenters. The number of ether oxygens (including phenoxy) is 4. The summed E-state index contributed by atoms with van der Waals surface area (Å²) in [7, 11) is 0. The molecule has 394 valence electrons. The van der Waals surface area contributed by atoms with Crippen LogP contribution < -0.4 is 24.0 Å². The average Bonchev–Trinajstić information content (AvgIpc) is 4.36. The molecule has 1 aromatic carbocycles. The number of benzene rings is 1. The Balaban J connectivity index is 0.000000252. The van der Waals surface area contributed by atoms with Crippen LogP contribution in [0.2, 0.25) is 0 Å². The minimum atomic E-state index is -4.50. The predicted molar refractivity (Wildman–Crippen MR) is 292 cm³/mol. The minimum Gasteiger partial charge on any atom is -0.573 e. The summed E-state index contributed by atoms with van der Waals surface area (Å²) in [6.45, 7) is 13.0. The Morgan fingerprint density at radius 2 is 1.30 bits per heavy atom. The second-order valence-corrected chi connectivity index (χ2v) is 20.5. The third-order valence-electron chi connectivity index (χ3n) is 11.5. The van der Waals surface area contributed by atoms with Gasteiger partial charge in [-0.25, -0.2) is 4.98 Å². The van der Waals surface area contributed by atoms with Crippen LogP contribution >= 0.6 is 45.3 Å². The molecule has 9 heterocycles. The molecule has 13 nitrogen and oxygen atoms in total. The number of fused-ring (bicyclic) bond motifs is 2. The van der Waals surface area contributed by atoms with Gasteiger partial charge in [0.15, 0.2) is 0 Å². The zero-order valence-corrected chi connectivity index (χ0v) is 46.5. The van der Waals surface area contributed by atoms with Gasteiger partial charge in [0.25, 0.3) is 12.9 Å². The van der Waals surface area contributed by atoms with E-state index in [0.29, 0.717) is 60.4 Å². The van der Waals surface area contributed by atoms with E-state index in [2.05, 4.69) is 80.1 Å². The van der Waals surface area contributed by atoms with Crippen molar-refractivity contribution >= 4 is 78.5 Å². The number of hydrogen-bond donors (Lipinski definition) is 0. The molecule has 0 amide bonds. The number of halogens is 3. The number of nitrogens with zero attached hydrogens (tertiary/aromatic N) is 7. The molecule has 0 radical (unpaired) electrons. The van der Waals surface area contributed by atoms with Crippen molar-refractivity contribution in [1.82, 2.24) is 30.1 Å². The Morgan fingerprint density at radius 1 is 0.636 bits per heavy atom. The van der Waals surface area contributed by atoms with Gasteiger partial charge < -0.3 is 41.0 Å². The van der Waals surface area contributed by atoms with Crippen LogP contribution in [-0.2, 0) is 41.7 Å². The summed E-state index contributed by atoms with van der Waals surface area (Å²) in [4.78, 5) is 44.4. The molecule has 0 spiro atoms. The second-order valence-electron chi connectivity index (χ2n) is 16.6. The molecule has 0 aliphatic heterocycles. The van der Waals surface area contributed by atoms with Gasteiger partial charge in [-0.1, -0.05) is 38.8 Å². The van der Waals surface area contributed by atoms with Crippen molar-refractivity contribution in [2.24, 2.45) is 0 Å². The van der Waals surface area contributed by atoms with Crippen LogP contribution in [0.4, 0.5) is 13.2 Å². The maximum atomic E-state index is 12.7. The zero-order valence-electron chi connectivity index (χ0n) is 41.5. The summed E-state index contributed by atoms with van der Waals surface area (Å²) in [5.74, 6) is 2.41. The normalized spacial score (nSPS) is 11.0. The maximum Gasteiger partial charge on any atom is 2.00 e. The zero-order chi connectivity index (χ0) is 53.6. The molecule has 10 aromatic rings. The van der Waals surface area contributed by atoms with Crippen LogP contribution in [0.25, 0.3) is 85.0 Å². The van der Waals surface area contributed by atoms with Gasteiger partial charge in [0.1, 0.15) is 28.7 Å². The van der Waals surface area contributed by atoms with Gasteiger partial charge in [0.05, 0.1) is 51.1 Å². The first-order valence-corrected chi connectivity index (χ1v) is 27.3. The Morgan fingerprint density at radius 3 is 2.01 bits per heavy atom. The number of hydrogen-bond acceptors (Lipinski definition) is 16. The van der Waals surface area contributed by atoms with E-state index in [-0.39, 0.29) is 30.9 Å². The molecule has 0 aliphatic carbocycles. The monoisotopic (exact) mass is 1200 g/mol. The number of unbranched alkanes of at least 4 members (excludes halogenated alkanes) is 3. The Labute approximate surface area is 470 Å². The minimum absolute atomic E-state index is 0. The Bertz CT molecular complexity index is 3610. The van der Waals surface area contributed by atoms with E-state index in [1.165, 1.54) is 31.0 Å². The van der Waals surface area contributed by atoms with Crippen molar-refractivity contribution in [1.29, 1.82) is 5.26 Å². The largest absolute Gasteiger partial charge is 2.00 e. The molecule has 10 rings (SSSR count). The fourth-order valence-electron chi connectivity index (χ4n) is 8.11. The SMILES string of the molecule is CCCCCCc1ccsc1-c1ccnc(-c2cc(C(F)(F)F)n[n-]2)c1.CCCOc1c2ccsc2c(OCC)c2cc(-c3ccc(-c4ccnc(-c5cc(OC=O)cc(-c6cc(OC=O)ccn6)n5)c4)s3)sc12.[C-]#N.[Ru+2]. The summed E-state index contributed by atoms with van der Waals surface area (Å²) >= 11 is 6.71. The number of thiophene rings is 4. The molecule has 9 aromatic heterocycles. The summed E-state index contributed by atoms with van der Waals surface area (Å²) < 4.78 is 63.1.